The Bertz CT molecular complexity index is 388. The molecule has 0 unspecified atom stereocenters. The molecule has 72 valence electrons. The normalized spacial score (nSPS) is 8.93. The summed E-state index contributed by atoms with van der Waals surface area (Å²) in [5.41, 5.74) is 12.6. The van der Waals surface area contributed by atoms with Crippen molar-refractivity contribution in [2.75, 3.05) is 6.54 Å². The zero-order chi connectivity index (χ0) is 10.4. The molecule has 14 heavy (non-hydrogen) atoms. The van der Waals surface area contributed by atoms with Crippen molar-refractivity contribution in [2.24, 2.45) is 11.5 Å². The molecule has 1 rings (SSSR count). The minimum atomic E-state index is 0.377. The van der Waals surface area contributed by atoms with E-state index in [1.54, 1.807) is 0 Å². The molecule has 0 heterocycles. The van der Waals surface area contributed by atoms with Gasteiger partial charge in [-0.1, -0.05) is 42.3 Å². The van der Waals surface area contributed by atoms with Crippen molar-refractivity contribution >= 4 is 17.2 Å². The van der Waals surface area contributed by atoms with Gasteiger partial charge in [0.15, 0.2) is 0 Å². The van der Waals surface area contributed by atoms with Crippen LogP contribution in [0.15, 0.2) is 24.3 Å². The maximum Gasteiger partial charge on any atom is 0.105 e. The van der Waals surface area contributed by atoms with Crippen LogP contribution in [0.5, 0.6) is 0 Å². The average Bonchev–Trinajstić information content (AvgIpc) is 2.19. The summed E-state index contributed by atoms with van der Waals surface area (Å²) >= 11 is 4.91. The number of thiocarbonyl (C=S) groups is 1. The third kappa shape index (κ3) is 2.84. The van der Waals surface area contributed by atoms with E-state index in [4.69, 9.17) is 23.7 Å². The highest BCUT2D eigenvalue weighted by Crippen LogP contribution is 2.06. The summed E-state index contributed by atoms with van der Waals surface area (Å²) in [5.74, 6) is 5.95. The highest BCUT2D eigenvalue weighted by molar-refractivity contribution is 7.80. The molecule has 4 N–H and O–H groups in total. The highest BCUT2D eigenvalue weighted by atomic mass is 32.1. The molecule has 0 saturated carbocycles. The highest BCUT2D eigenvalue weighted by Gasteiger charge is 1.99. The Morgan fingerprint density at radius 2 is 2.07 bits per heavy atom. The van der Waals surface area contributed by atoms with Crippen LogP contribution in [0.2, 0.25) is 0 Å². The van der Waals surface area contributed by atoms with Gasteiger partial charge in [0.05, 0.1) is 0 Å². The monoisotopic (exact) mass is 204 g/mol. The fourth-order valence-electron chi connectivity index (χ4n) is 1.04. The maximum atomic E-state index is 5.56. The minimum Gasteiger partial charge on any atom is -0.389 e. The second-order valence-corrected chi connectivity index (χ2v) is 3.19. The predicted molar refractivity (Wildman–Crippen MR) is 62.9 cm³/mol. The van der Waals surface area contributed by atoms with E-state index in [1.165, 1.54) is 0 Å². The number of nitrogens with two attached hydrogens (primary N) is 2. The van der Waals surface area contributed by atoms with Gasteiger partial charge in [0.1, 0.15) is 4.99 Å². The van der Waals surface area contributed by atoms with E-state index in [9.17, 15) is 0 Å². The second kappa shape index (κ2) is 5.38. The zero-order valence-corrected chi connectivity index (χ0v) is 8.60. The van der Waals surface area contributed by atoms with E-state index >= 15 is 0 Å². The van der Waals surface area contributed by atoms with E-state index in [2.05, 4.69) is 11.8 Å². The molecule has 3 heteroatoms. The lowest BCUT2D eigenvalue weighted by atomic mass is 10.1. The summed E-state index contributed by atoms with van der Waals surface area (Å²) in [7, 11) is 0. The van der Waals surface area contributed by atoms with Crippen LogP contribution in [0.4, 0.5) is 0 Å². The van der Waals surface area contributed by atoms with Gasteiger partial charge in [0, 0.05) is 24.1 Å². The van der Waals surface area contributed by atoms with Crippen molar-refractivity contribution in [3.63, 3.8) is 0 Å². The Labute approximate surface area is 89.3 Å². The van der Waals surface area contributed by atoms with Gasteiger partial charge < -0.3 is 11.5 Å². The summed E-state index contributed by atoms with van der Waals surface area (Å²) in [6.45, 7) is 0.572. The Morgan fingerprint density at radius 3 is 2.71 bits per heavy atom. The summed E-state index contributed by atoms with van der Waals surface area (Å²) in [6.07, 6.45) is 0.686. The first-order valence-electron chi connectivity index (χ1n) is 4.33. The lowest BCUT2D eigenvalue weighted by molar-refractivity contribution is 1.03. The summed E-state index contributed by atoms with van der Waals surface area (Å²) < 4.78 is 0. The van der Waals surface area contributed by atoms with Crippen LogP contribution >= 0.6 is 12.2 Å². The minimum absolute atomic E-state index is 0.377. The van der Waals surface area contributed by atoms with Gasteiger partial charge in [-0.05, 0) is 6.07 Å². The Hall–Kier alpha value is -1.37. The zero-order valence-electron chi connectivity index (χ0n) is 7.79. The second-order valence-electron chi connectivity index (χ2n) is 2.75. The molecule has 0 fully saturated rings. The number of rotatable bonds is 2. The summed E-state index contributed by atoms with van der Waals surface area (Å²) in [5, 5.41) is 0. The fraction of sp³-hybridized carbons (Fsp3) is 0.182. The molecule has 0 atom stereocenters. The number of benzene rings is 1. The summed E-state index contributed by atoms with van der Waals surface area (Å²) in [6, 6.07) is 7.57. The molecular weight excluding hydrogens is 192 g/mol. The smallest absolute Gasteiger partial charge is 0.105 e. The lowest BCUT2D eigenvalue weighted by Gasteiger charge is -2.00. The maximum absolute atomic E-state index is 5.56. The first-order chi connectivity index (χ1) is 6.75. The van der Waals surface area contributed by atoms with Crippen LogP contribution in [-0.2, 0) is 0 Å². The van der Waals surface area contributed by atoms with E-state index in [1.807, 2.05) is 24.3 Å². The Balaban J connectivity index is 2.97. The van der Waals surface area contributed by atoms with Crippen molar-refractivity contribution < 1.29 is 0 Å². The van der Waals surface area contributed by atoms with Gasteiger partial charge in [-0.2, -0.15) is 0 Å². The van der Waals surface area contributed by atoms with Crippen LogP contribution in [-0.4, -0.2) is 11.5 Å². The lowest BCUT2D eigenvalue weighted by Crippen LogP contribution is -2.11. The molecule has 1 aromatic rings. The topological polar surface area (TPSA) is 52.0 Å². The van der Waals surface area contributed by atoms with Gasteiger partial charge in [-0.15, -0.1) is 0 Å². The Morgan fingerprint density at radius 1 is 1.36 bits per heavy atom. The van der Waals surface area contributed by atoms with Crippen molar-refractivity contribution in [3.05, 3.63) is 35.4 Å². The van der Waals surface area contributed by atoms with Crippen LogP contribution in [0, 0.1) is 11.8 Å². The molecule has 0 saturated heterocycles. The first-order valence-corrected chi connectivity index (χ1v) is 4.74. The van der Waals surface area contributed by atoms with Crippen molar-refractivity contribution in [1.82, 2.24) is 0 Å². The van der Waals surface area contributed by atoms with Gasteiger partial charge in [-0.3, -0.25) is 0 Å². The molecule has 0 aliphatic rings. The van der Waals surface area contributed by atoms with Crippen molar-refractivity contribution in [1.29, 1.82) is 0 Å². The molecule has 0 aromatic heterocycles. The van der Waals surface area contributed by atoms with Crippen LogP contribution in [0.25, 0.3) is 0 Å². The molecule has 0 spiro atoms. The largest absolute Gasteiger partial charge is 0.389 e. The van der Waals surface area contributed by atoms with Crippen LogP contribution in [0.1, 0.15) is 17.5 Å². The predicted octanol–water partition coefficient (Wildman–Crippen LogP) is 1.02. The van der Waals surface area contributed by atoms with Gasteiger partial charge >= 0.3 is 0 Å². The standard InChI is InChI=1S/C11H12N2S/c12-8-4-3-6-9-5-1-2-7-10(9)11(13)14/h1-2,5,7H,4,8,12H2,(H2,13,14). The molecule has 0 aliphatic heterocycles. The van der Waals surface area contributed by atoms with Gasteiger partial charge in [0.2, 0.25) is 0 Å². The fourth-order valence-corrected chi connectivity index (χ4v) is 1.21. The summed E-state index contributed by atoms with van der Waals surface area (Å²) in [4.78, 5) is 0.377. The molecule has 0 radical (unpaired) electrons. The van der Waals surface area contributed by atoms with E-state index in [0.29, 0.717) is 18.0 Å². The number of hydrogen-bond acceptors (Lipinski definition) is 2. The first kappa shape index (κ1) is 10.7. The van der Waals surface area contributed by atoms with E-state index in [0.717, 1.165) is 11.1 Å². The molecule has 1 aromatic carbocycles. The van der Waals surface area contributed by atoms with Crippen LogP contribution in [0.3, 0.4) is 0 Å². The average molecular weight is 204 g/mol. The van der Waals surface area contributed by atoms with Gasteiger partial charge in [0.25, 0.3) is 0 Å². The molecular formula is C11H12N2S. The molecule has 0 aliphatic carbocycles. The molecule has 0 bridgehead atoms. The van der Waals surface area contributed by atoms with Crippen LogP contribution < -0.4 is 11.5 Å². The third-order valence-electron chi connectivity index (χ3n) is 1.68. The Kier molecular flexibility index (Phi) is 4.11. The number of hydrogen-bond donors (Lipinski definition) is 2. The van der Waals surface area contributed by atoms with Crippen molar-refractivity contribution in [3.8, 4) is 11.8 Å². The molecule has 2 nitrogen and oxygen atoms in total. The SMILES string of the molecule is NCCC#Cc1ccccc1C(N)=S. The third-order valence-corrected chi connectivity index (χ3v) is 1.90. The quantitative estimate of drug-likeness (QED) is 0.558. The van der Waals surface area contributed by atoms with E-state index in [-0.39, 0.29) is 0 Å². The molecule has 0 amide bonds. The van der Waals surface area contributed by atoms with E-state index < -0.39 is 0 Å². The van der Waals surface area contributed by atoms with Gasteiger partial charge in [-0.25, -0.2) is 0 Å². The van der Waals surface area contributed by atoms with Crippen molar-refractivity contribution in [2.45, 2.75) is 6.42 Å².